The number of fused-ring (bicyclic) bond motifs is 1. The summed E-state index contributed by atoms with van der Waals surface area (Å²) in [7, 11) is 1.56. The zero-order valence-electron chi connectivity index (χ0n) is 11.5. The number of carbonyl (C=O) groups is 1. The number of aromatic nitrogens is 2. The molecule has 5 heteroatoms. The predicted molar refractivity (Wildman–Crippen MR) is 77.9 cm³/mol. The molecule has 0 unspecified atom stereocenters. The summed E-state index contributed by atoms with van der Waals surface area (Å²) in [6, 6.07) is 9.06. The van der Waals surface area contributed by atoms with Gasteiger partial charge in [-0.1, -0.05) is 0 Å². The molecule has 106 valence electrons. The number of pyridine rings is 1. The van der Waals surface area contributed by atoms with Crippen LogP contribution in [0.15, 0.2) is 48.9 Å². The number of hydrogen-bond acceptors (Lipinski definition) is 4. The minimum absolute atomic E-state index is 0.372. The van der Waals surface area contributed by atoms with Crippen LogP contribution in [0.3, 0.4) is 0 Å². The average molecular weight is 282 g/mol. The van der Waals surface area contributed by atoms with Gasteiger partial charge in [-0.15, -0.1) is 0 Å². The van der Waals surface area contributed by atoms with E-state index in [0.29, 0.717) is 23.7 Å². The second kappa shape index (κ2) is 5.66. The number of ether oxygens (including phenoxy) is 2. The molecule has 0 fully saturated rings. The van der Waals surface area contributed by atoms with E-state index in [-0.39, 0.29) is 0 Å². The van der Waals surface area contributed by atoms with Crippen LogP contribution in [0.5, 0.6) is 11.5 Å². The molecule has 0 aliphatic heterocycles. The summed E-state index contributed by atoms with van der Waals surface area (Å²) in [6.45, 7) is 0.372. The molecule has 0 saturated carbocycles. The Morgan fingerprint density at radius 1 is 1.24 bits per heavy atom. The zero-order chi connectivity index (χ0) is 14.7. The Bertz CT molecular complexity index is 780. The van der Waals surface area contributed by atoms with Gasteiger partial charge >= 0.3 is 0 Å². The van der Waals surface area contributed by atoms with Gasteiger partial charge < -0.3 is 13.9 Å². The summed E-state index contributed by atoms with van der Waals surface area (Å²) in [4.78, 5) is 15.3. The van der Waals surface area contributed by atoms with Gasteiger partial charge in [-0.25, -0.2) is 4.98 Å². The van der Waals surface area contributed by atoms with Crippen molar-refractivity contribution in [2.45, 2.75) is 6.61 Å². The fourth-order valence-corrected chi connectivity index (χ4v) is 2.08. The number of aldehydes is 1. The standard InChI is InChI=1S/C16H14N2O3/c1-20-14-2-3-15(13(9-14)10-19)21-11-12-4-6-18-7-5-17-16(18)8-12/h2-10H,11H2,1H3. The highest BCUT2D eigenvalue weighted by molar-refractivity contribution is 5.80. The molecular formula is C16H14N2O3. The molecule has 1 aromatic carbocycles. The van der Waals surface area contributed by atoms with Crippen LogP contribution in [0, 0.1) is 0 Å². The third kappa shape index (κ3) is 2.72. The Hall–Kier alpha value is -2.82. The molecule has 0 amide bonds. The van der Waals surface area contributed by atoms with E-state index in [1.54, 1.807) is 31.5 Å². The zero-order valence-corrected chi connectivity index (χ0v) is 11.5. The molecule has 0 aliphatic rings. The Morgan fingerprint density at radius 3 is 2.95 bits per heavy atom. The Balaban J connectivity index is 1.79. The maximum absolute atomic E-state index is 11.1. The molecule has 2 heterocycles. The number of benzene rings is 1. The highest BCUT2D eigenvalue weighted by Gasteiger charge is 2.06. The van der Waals surface area contributed by atoms with Crippen molar-refractivity contribution in [3.63, 3.8) is 0 Å². The quantitative estimate of drug-likeness (QED) is 0.675. The van der Waals surface area contributed by atoms with E-state index in [1.807, 2.05) is 28.9 Å². The molecule has 5 nitrogen and oxygen atoms in total. The summed E-state index contributed by atoms with van der Waals surface area (Å²) in [6.07, 6.45) is 6.31. The SMILES string of the molecule is COc1ccc(OCc2ccn3ccnc3c2)c(C=O)c1. The summed E-state index contributed by atoms with van der Waals surface area (Å²) in [5.41, 5.74) is 2.32. The number of carbonyl (C=O) groups excluding carboxylic acids is 1. The van der Waals surface area contributed by atoms with Crippen LogP contribution in [0.25, 0.3) is 5.65 Å². The van der Waals surface area contributed by atoms with Crippen LogP contribution in [0.4, 0.5) is 0 Å². The molecule has 0 N–H and O–H groups in total. The van der Waals surface area contributed by atoms with E-state index >= 15 is 0 Å². The van der Waals surface area contributed by atoms with Gasteiger partial charge in [0.15, 0.2) is 6.29 Å². The van der Waals surface area contributed by atoms with Crippen molar-refractivity contribution in [3.8, 4) is 11.5 Å². The first kappa shape index (κ1) is 13.2. The minimum atomic E-state index is 0.372. The van der Waals surface area contributed by atoms with Crippen molar-refractivity contribution in [2.24, 2.45) is 0 Å². The summed E-state index contributed by atoms with van der Waals surface area (Å²) in [5, 5.41) is 0. The van der Waals surface area contributed by atoms with Crippen molar-refractivity contribution in [1.29, 1.82) is 0 Å². The Kier molecular flexibility index (Phi) is 3.55. The van der Waals surface area contributed by atoms with E-state index in [1.165, 1.54) is 0 Å². The van der Waals surface area contributed by atoms with Crippen molar-refractivity contribution in [2.75, 3.05) is 7.11 Å². The van der Waals surface area contributed by atoms with E-state index < -0.39 is 0 Å². The third-order valence-electron chi connectivity index (χ3n) is 3.20. The van der Waals surface area contributed by atoms with Crippen molar-refractivity contribution < 1.29 is 14.3 Å². The molecule has 0 atom stereocenters. The van der Waals surface area contributed by atoms with Crippen molar-refractivity contribution in [3.05, 3.63) is 60.0 Å². The van der Waals surface area contributed by atoms with Crippen molar-refractivity contribution in [1.82, 2.24) is 9.38 Å². The lowest BCUT2D eigenvalue weighted by atomic mass is 10.2. The topological polar surface area (TPSA) is 52.8 Å². The second-order valence-electron chi connectivity index (χ2n) is 4.54. The molecule has 0 radical (unpaired) electrons. The minimum Gasteiger partial charge on any atom is -0.497 e. The fourth-order valence-electron chi connectivity index (χ4n) is 2.08. The van der Waals surface area contributed by atoms with Crippen LogP contribution in [0.1, 0.15) is 15.9 Å². The molecule has 0 aliphatic carbocycles. The molecule has 0 spiro atoms. The lowest BCUT2D eigenvalue weighted by Gasteiger charge is -2.10. The molecule has 21 heavy (non-hydrogen) atoms. The first-order chi connectivity index (χ1) is 10.3. The number of hydrogen-bond donors (Lipinski definition) is 0. The molecule has 2 aromatic heterocycles. The number of imidazole rings is 1. The number of rotatable bonds is 5. The summed E-state index contributed by atoms with van der Waals surface area (Å²) < 4.78 is 12.7. The van der Waals surface area contributed by atoms with Gasteiger partial charge in [0.2, 0.25) is 0 Å². The van der Waals surface area contributed by atoms with Gasteiger partial charge in [-0.2, -0.15) is 0 Å². The Morgan fingerprint density at radius 2 is 2.14 bits per heavy atom. The second-order valence-corrected chi connectivity index (χ2v) is 4.54. The molecule has 3 rings (SSSR count). The van der Waals surface area contributed by atoms with Gasteiger partial charge in [0.25, 0.3) is 0 Å². The van der Waals surface area contributed by atoms with Gasteiger partial charge in [0.05, 0.1) is 12.7 Å². The smallest absolute Gasteiger partial charge is 0.153 e. The fraction of sp³-hybridized carbons (Fsp3) is 0.125. The lowest BCUT2D eigenvalue weighted by molar-refractivity contribution is 0.111. The van der Waals surface area contributed by atoms with E-state index in [2.05, 4.69) is 4.98 Å². The monoisotopic (exact) mass is 282 g/mol. The highest BCUT2D eigenvalue weighted by atomic mass is 16.5. The highest BCUT2D eigenvalue weighted by Crippen LogP contribution is 2.23. The normalized spacial score (nSPS) is 10.5. The van der Waals surface area contributed by atoms with E-state index in [9.17, 15) is 4.79 Å². The summed E-state index contributed by atoms with van der Waals surface area (Å²) in [5.74, 6) is 1.16. The molecule has 0 bridgehead atoms. The molecule has 0 saturated heterocycles. The molecular weight excluding hydrogens is 268 g/mol. The first-order valence-electron chi connectivity index (χ1n) is 6.48. The van der Waals surface area contributed by atoms with Crippen LogP contribution in [0.2, 0.25) is 0 Å². The Labute approximate surface area is 121 Å². The van der Waals surface area contributed by atoms with Gasteiger partial charge in [0, 0.05) is 18.6 Å². The van der Waals surface area contributed by atoms with Crippen LogP contribution < -0.4 is 9.47 Å². The van der Waals surface area contributed by atoms with Crippen LogP contribution >= 0.6 is 0 Å². The largest absolute Gasteiger partial charge is 0.497 e. The maximum atomic E-state index is 11.1. The first-order valence-corrected chi connectivity index (χ1v) is 6.48. The lowest BCUT2D eigenvalue weighted by Crippen LogP contribution is -1.99. The number of methoxy groups -OCH3 is 1. The van der Waals surface area contributed by atoms with Crippen molar-refractivity contribution >= 4 is 11.9 Å². The van der Waals surface area contributed by atoms with E-state index in [4.69, 9.17) is 9.47 Å². The van der Waals surface area contributed by atoms with Gasteiger partial charge in [0.1, 0.15) is 23.8 Å². The van der Waals surface area contributed by atoms with Crippen LogP contribution in [-0.2, 0) is 6.61 Å². The van der Waals surface area contributed by atoms with E-state index in [0.717, 1.165) is 17.5 Å². The van der Waals surface area contributed by atoms with Gasteiger partial charge in [-0.3, -0.25) is 4.79 Å². The summed E-state index contributed by atoms with van der Waals surface area (Å²) >= 11 is 0. The third-order valence-corrected chi connectivity index (χ3v) is 3.20. The van der Waals surface area contributed by atoms with Gasteiger partial charge in [-0.05, 0) is 35.9 Å². The molecule has 3 aromatic rings. The van der Waals surface area contributed by atoms with Crippen LogP contribution in [-0.4, -0.2) is 22.8 Å². The average Bonchev–Trinajstić information content (AvgIpc) is 3.00. The maximum Gasteiger partial charge on any atom is 0.153 e. The number of nitrogens with zero attached hydrogens (tertiary/aromatic N) is 2. The predicted octanol–water partition coefficient (Wildman–Crippen LogP) is 2.73.